The van der Waals surface area contributed by atoms with Gasteiger partial charge in [-0.25, -0.2) is 4.79 Å². The van der Waals surface area contributed by atoms with Gasteiger partial charge in [-0.1, -0.05) is 5.92 Å². The molecule has 1 fully saturated rings. The van der Waals surface area contributed by atoms with Gasteiger partial charge in [0.25, 0.3) is 0 Å². The number of piperazine rings is 1. The Hall–Kier alpha value is -1.05. The molecule has 96 valence electrons. The number of nitrogens with zero attached hydrogens (tertiary/aromatic N) is 2. The van der Waals surface area contributed by atoms with Crippen molar-refractivity contribution in [3.05, 3.63) is 0 Å². The average Bonchev–Trinajstić information content (AvgIpc) is 2.21. The van der Waals surface area contributed by atoms with E-state index >= 15 is 0 Å². The molecule has 1 unspecified atom stereocenters. The maximum absolute atomic E-state index is 11.7. The van der Waals surface area contributed by atoms with Crippen LogP contribution in [0, 0.1) is 17.8 Å². The summed E-state index contributed by atoms with van der Waals surface area (Å²) < 4.78 is 0. The fourth-order valence-corrected chi connectivity index (χ4v) is 1.65. The normalized spacial score (nSPS) is 23.1. The minimum atomic E-state index is -0.459. The zero-order valence-corrected chi connectivity index (χ0v) is 11.2. The van der Waals surface area contributed by atoms with E-state index in [1.54, 1.807) is 5.06 Å². The maximum Gasteiger partial charge on any atom is 0.330 e. The molecule has 1 aliphatic heterocycles. The van der Waals surface area contributed by atoms with Crippen LogP contribution in [0.4, 0.5) is 0 Å². The fraction of sp³-hybridized carbons (Fsp3) is 0.769. The first-order valence-electron chi connectivity index (χ1n) is 5.99. The van der Waals surface area contributed by atoms with Crippen molar-refractivity contribution >= 4 is 5.97 Å². The molecule has 4 heteroatoms. The summed E-state index contributed by atoms with van der Waals surface area (Å²) in [5.41, 5.74) is -0.459. The molecule has 0 bridgehead atoms. The van der Waals surface area contributed by atoms with E-state index in [9.17, 15) is 4.79 Å². The van der Waals surface area contributed by atoms with Crippen LogP contribution < -0.4 is 0 Å². The van der Waals surface area contributed by atoms with E-state index in [0.29, 0.717) is 25.7 Å². The van der Waals surface area contributed by atoms with E-state index in [1.807, 2.05) is 20.8 Å². The van der Waals surface area contributed by atoms with Gasteiger partial charge in [-0.15, -0.1) is 11.5 Å². The summed E-state index contributed by atoms with van der Waals surface area (Å²) in [6.45, 7) is 10.6. The van der Waals surface area contributed by atoms with Gasteiger partial charge in [0.2, 0.25) is 0 Å². The third kappa shape index (κ3) is 4.03. The number of carbonyl (C=O) groups is 1. The number of carbonyl (C=O) groups excluding carboxylic acids is 1. The van der Waals surface area contributed by atoms with E-state index in [0.717, 1.165) is 6.54 Å². The molecule has 1 rings (SSSR count). The molecule has 0 aromatic heterocycles. The van der Waals surface area contributed by atoms with E-state index in [4.69, 9.17) is 11.3 Å². The molecule has 0 amide bonds. The molecule has 0 aliphatic carbocycles. The molecular weight excluding hydrogens is 216 g/mol. The Morgan fingerprint density at radius 3 is 2.59 bits per heavy atom. The zero-order valence-electron chi connectivity index (χ0n) is 11.2. The number of hydrogen-bond acceptors (Lipinski definition) is 4. The molecule has 17 heavy (non-hydrogen) atoms. The SMILES string of the molecule is C#CCN1CCN(OC(=O)C(C)(C)C)CC1C. The van der Waals surface area contributed by atoms with Crippen LogP contribution >= 0.6 is 0 Å². The van der Waals surface area contributed by atoms with Crippen LogP contribution in [0.25, 0.3) is 0 Å². The van der Waals surface area contributed by atoms with Crippen LogP contribution in [-0.4, -0.2) is 48.2 Å². The van der Waals surface area contributed by atoms with Crippen molar-refractivity contribution in [2.45, 2.75) is 33.7 Å². The standard InChI is InChI=1S/C13H22N2O2/c1-6-7-14-8-9-15(10-11(14)2)17-12(16)13(3,4)5/h1,11H,7-10H2,2-5H3. The summed E-state index contributed by atoms with van der Waals surface area (Å²) in [5.74, 6) is 2.46. The molecule has 4 nitrogen and oxygen atoms in total. The number of terminal acetylenes is 1. The van der Waals surface area contributed by atoms with Gasteiger partial charge in [0.05, 0.1) is 18.5 Å². The van der Waals surface area contributed by atoms with Crippen molar-refractivity contribution < 1.29 is 9.63 Å². The molecule has 0 spiro atoms. The van der Waals surface area contributed by atoms with Crippen LogP contribution in [0.2, 0.25) is 0 Å². The average molecular weight is 238 g/mol. The van der Waals surface area contributed by atoms with Gasteiger partial charge in [0.15, 0.2) is 0 Å². The van der Waals surface area contributed by atoms with Gasteiger partial charge in [-0.2, -0.15) is 0 Å². The van der Waals surface area contributed by atoms with Crippen molar-refractivity contribution in [3.8, 4) is 12.3 Å². The van der Waals surface area contributed by atoms with Gasteiger partial charge in [-0.3, -0.25) is 4.90 Å². The summed E-state index contributed by atoms with van der Waals surface area (Å²) in [6, 6.07) is 0.313. The Labute approximate surface area is 104 Å². The lowest BCUT2D eigenvalue weighted by atomic mass is 9.98. The molecule has 0 N–H and O–H groups in total. The third-order valence-corrected chi connectivity index (χ3v) is 2.85. The van der Waals surface area contributed by atoms with Crippen molar-refractivity contribution in [3.63, 3.8) is 0 Å². The van der Waals surface area contributed by atoms with Crippen molar-refractivity contribution in [1.29, 1.82) is 0 Å². The minimum absolute atomic E-state index is 0.185. The van der Waals surface area contributed by atoms with Crippen LogP contribution in [-0.2, 0) is 9.63 Å². The van der Waals surface area contributed by atoms with E-state index in [2.05, 4.69) is 17.7 Å². The van der Waals surface area contributed by atoms with Crippen LogP contribution in [0.3, 0.4) is 0 Å². The van der Waals surface area contributed by atoms with E-state index < -0.39 is 5.41 Å². The quantitative estimate of drug-likeness (QED) is 0.675. The smallest absolute Gasteiger partial charge is 0.330 e. The highest BCUT2D eigenvalue weighted by Gasteiger charge is 2.29. The summed E-state index contributed by atoms with van der Waals surface area (Å²) in [6.07, 6.45) is 5.30. The second kappa shape index (κ2) is 5.52. The van der Waals surface area contributed by atoms with Gasteiger partial charge in [0.1, 0.15) is 0 Å². The molecule has 1 atom stereocenters. The Bertz CT molecular complexity index is 314. The highest BCUT2D eigenvalue weighted by molar-refractivity contribution is 5.75. The zero-order chi connectivity index (χ0) is 13.1. The molecule has 1 aliphatic rings. The largest absolute Gasteiger partial charge is 0.367 e. The first-order valence-corrected chi connectivity index (χ1v) is 5.99. The monoisotopic (exact) mass is 238 g/mol. The van der Waals surface area contributed by atoms with Crippen LogP contribution in [0.5, 0.6) is 0 Å². The second-order valence-electron chi connectivity index (χ2n) is 5.54. The van der Waals surface area contributed by atoms with Gasteiger partial charge >= 0.3 is 5.97 Å². The Morgan fingerprint density at radius 1 is 1.47 bits per heavy atom. The van der Waals surface area contributed by atoms with E-state index in [1.165, 1.54) is 0 Å². The Balaban J connectivity index is 2.46. The van der Waals surface area contributed by atoms with Crippen molar-refractivity contribution in [1.82, 2.24) is 9.96 Å². The summed E-state index contributed by atoms with van der Waals surface area (Å²) in [7, 11) is 0. The van der Waals surface area contributed by atoms with Crippen LogP contribution in [0.1, 0.15) is 27.7 Å². The first kappa shape index (κ1) is 14.0. The van der Waals surface area contributed by atoms with Gasteiger partial charge in [0, 0.05) is 19.1 Å². The number of hydroxylamine groups is 2. The van der Waals surface area contributed by atoms with Gasteiger partial charge in [-0.05, 0) is 27.7 Å². The topological polar surface area (TPSA) is 32.8 Å². The lowest BCUT2D eigenvalue weighted by molar-refractivity contribution is -0.210. The van der Waals surface area contributed by atoms with Gasteiger partial charge < -0.3 is 4.84 Å². The molecule has 0 aromatic carbocycles. The maximum atomic E-state index is 11.7. The minimum Gasteiger partial charge on any atom is -0.367 e. The third-order valence-electron chi connectivity index (χ3n) is 2.85. The molecule has 0 aromatic rings. The summed E-state index contributed by atoms with van der Waals surface area (Å²) >= 11 is 0. The fourth-order valence-electron chi connectivity index (χ4n) is 1.65. The second-order valence-corrected chi connectivity index (χ2v) is 5.54. The highest BCUT2D eigenvalue weighted by Crippen LogP contribution is 2.18. The van der Waals surface area contributed by atoms with Crippen molar-refractivity contribution in [2.75, 3.05) is 26.2 Å². The molecule has 1 saturated heterocycles. The number of hydrogen-bond donors (Lipinski definition) is 0. The Kier molecular flexibility index (Phi) is 4.55. The summed E-state index contributed by atoms with van der Waals surface area (Å²) in [5, 5.41) is 1.74. The summed E-state index contributed by atoms with van der Waals surface area (Å²) in [4.78, 5) is 19.3. The highest BCUT2D eigenvalue weighted by atomic mass is 16.7. The van der Waals surface area contributed by atoms with E-state index in [-0.39, 0.29) is 5.97 Å². The predicted molar refractivity (Wildman–Crippen MR) is 67.0 cm³/mol. The Morgan fingerprint density at radius 2 is 2.12 bits per heavy atom. The first-order chi connectivity index (χ1) is 7.84. The lowest BCUT2D eigenvalue weighted by Crippen LogP contribution is -2.52. The number of rotatable bonds is 2. The van der Waals surface area contributed by atoms with Crippen LogP contribution in [0.15, 0.2) is 0 Å². The van der Waals surface area contributed by atoms with Crippen molar-refractivity contribution in [2.24, 2.45) is 5.41 Å². The molecule has 0 saturated carbocycles. The molecule has 1 heterocycles. The predicted octanol–water partition coefficient (Wildman–Crippen LogP) is 1.13. The molecule has 0 radical (unpaired) electrons. The molecular formula is C13H22N2O2. The lowest BCUT2D eigenvalue weighted by Gasteiger charge is -2.38.